The molecule has 5 rings (SSSR count). The molecule has 0 saturated heterocycles. The number of benzene rings is 3. The standard InChI is InChI=1S/C30H31N3O5/c1-37-25-16-9-17-26(38-2)27(25)24-18-22(29(34)31-28(30(35)36)20-11-4-3-5-12-20)32-33(24)23-15-8-13-19-10-6-7-14-21(19)23/h6-10,13-18,20,28H,3-5,11-12H2,1-2H3,(H,31,34)(H,35,36). The van der Waals surface area contributed by atoms with Crippen molar-refractivity contribution in [2.75, 3.05) is 14.2 Å². The SMILES string of the molecule is COc1cccc(OC)c1-c1cc(C(=O)NC(C(=O)O)C2CCCCC2)nn1-c1cccc2ccccc12. The van der Waals surface area contributed by atoms with Crippen molar-refractivity contribution in [3.8, 4) is 28.4 Å². The maximum atomic E-state index is 13.5. The molecule has 0 spiro atoms. The summed E-state index contributed by atoms with van der Waals surface area (Å²) in [6.45, 7) is 0. The molecule has 8 nitrogen and oxygen atoms in total. The van der Waals surface area contributed by atoms with Gasteiger partial charge >= 0.3 is 5.97 Å². The molecule has 38 heavy (non-hydrogen) atoms. The van der Waals surface area contributed by atoms with Crippen LogP contribution in [0, 0.1) is 5.92 Å². The number of nitrogens with zero attached hydrogens (tertiary/aromatic N) is 2. The Balaban J connectivity index is 1.64. The summed E-state index contributed by atoms with van der Waals surface area (Å²) in [5.74, 6) is -0.534. The number of fused-ring (bicyclic) bond motifs is 1. The van der Waals surface area contributed by atoms with E-state index in [0.29, 0.717) is 22.8 Å². The predicted molar refractivity (Wildman–Crippen MR) is 145 cm³/mol. The molecule has 1 aliphatic rings. The molecule has 1 saturated carbocycles. The zero-order valence-corrected chi connectivity index (χ0v) is 21.5. The number of carbonyl (C=O) groups excluding carboxylic acids is 1. The van der Waals surface area contributed by atoms with E-state index in [1.54, 1.807) is 25.0 Å². The van der Waals surface area contributed by atoms with Crippen molar-refractivity contribution in [2.45, 2.75) is 38.1 Å². The molecular formula is C30H31N3O5. The summed E-state index contributed by atoms with van der Waals surface area (Å²) in [6, 6.07) is 20.0. The molecule has 0 aliphatic heterocycles. The molecule has 0 bridgehead atoms. The molecule has 4 aromatic rings. The first-order chi connectivity index (χ1) is 18.5. The van der Waals surface area contributed by atoms with Crippen LogP contribution in [-0.4, -0.2) is 47.0 Å². The molecule has 1 amide bonds. The minimum atomic E-state index is -1.02. The van der Waals surface area contributed by atoms with E-state index >= 15 is 0 Å². The van der Waals surface area contributed by atoms with E-state index in [4.69, 9.17) is 14.6 Å². The summed E-state index contributed by atoms with van der Waals surface area (Å²) in [4.78, 5) is 25.6. The third-order valence-electron chi connectivity index (χ3n) is 7.29. The van der Waals surface area contributed by atoms with E-state index in [2.05, 4.69) is 5.32 Å². The topological polar surface area (TPSA) is 103 Å². The average molecular weight is 514 g/mol. The van der Waals surface area contributed by atoms with Crippen molar-refractivity contribution in [1.82, 2.24) is 15.1 Å². The van der Waals surface area contributed by atoms with E-state index in [1.807, 2.05) is 60.7 Å². The molecule has 1 fully saturated rings. The van der Waals surface area contributed by atoms with Gasteiger partial charge in [0.15, 0.2) is 5.69 Å². The van der Waals surface area contributed by atoms with Crippen LogP contribution in [0.4, 0.5) is 0 Å². The fourth-order valence-corrected chi connectivity index (χ4v) is 5.41. The van der Waals surface area contributed by atoms with Gasteiger partial charge in [0.1, 0.15) is 17.5 Å². The number of carboxylic acid groups (broad SMARTS) is 1. The number of rotatable bonds is 8. The van der Waals surface area contributed by atoms with Gasteiger partial charge in [0.2, 0.25) is 0 Å². The van der Waals surface area contributed by atoms with Gasteiger partial charge in [0.25, 0.3) is 5.91 Å². The van der Waals surface area contributed by atoms with Crippen LogP contribution >= 0.6 is 0 Å². The van der Waals surface area contributed by atoms with Gasteiger partial charge in [0, 0.05) is 5.39 Å². The van der Waals surface area contributed by atoms with Crippen molar-refractivity contribution in [1.29, 1.82) is 0 Å². The Hall–Kier alpha value is -4.33. The molecule has 196 valence electrons. The van der Waals surface area contributed by atoms with Crippen LogP contribution in [0.2, 0.25) is 0 Å². The fraction of sp³-hybridized carbons (Fsp3) is 0.300. The Labute approximate surface area is 221 Å². The minimum absolute atomic E-state index is 0.0980. The maximum Gasteiger partial charge on any atom is 0.326 e. The molecule has 1 aromatic heterocycles. The number of ether oxygens (including phenoxy) is 2. The Kier molecular flexibility index (Phi) is 7.31. The Morgan fingerprint density at radius 1 is 0.947 bits per heavy atom. The highest BCUT2D eigenvalue weighted by Gasteiger charge is 2.32. The van der Waals surface area contributed by atoms with Gasteiger partial charge in [0.05, 0.1) is 31.2 Å². The summed E-state index contributed by atoms with van der Waals surface area (Å²) >= 11 is 0. The number of nitrogens with one attached hydrogen (secondary N) is 1. The van der Waals surface area contributed by atoms with Gasteiger partial charge in [-0.2, -0.15) is 5.10 Å². The second kappa shape index (κ2) is 11.0. The first-order valence-corrected chi connectivity index (χ1v) is 12.8. The van der Waals surface area contributed by atoms with E-state index in [0.717, 1.165) is 48.6 Å². The third kappa shape index (κ3) is 4.81. The quantitative estimate of drug-likeness (QED) is 0.324. The predicted octanol–water partition coefficient (Wildman–Crippen LogP) is 5.47. The summed E-state index contributed by atoms with van der Waals surface area (Å²) in [6.07, 6.45) is 4.60. The lowest BCUT2D eigenvalue weighted by molar-refractivity contribution is -0.141. The van der Waals surface area contributed by atoms with Crippen molar-refractivity contribution < 1.29 is 24.2 Å². The van der Waals surface area contributed by atoms with E-state index in [9.17, 15) is 14.7 Å². The second-order valence-electron chi connectivity index (χ2n) is 9.55. The molecule has 1 aliphatic carbocycles. The number of carbonyl (C=O) groups is 2. The number of amides is 1. The van der Waals surface area contributed by atoms with E-state index in [1.165, 1.54) is 0 Å². The number of carboxylic acids is 1. The van der Waals surface area contributed by atoms with Gasteiger partial charge in [-0.3, -0.25) is 4.79 Å². The molecule has 1 atom stereocenters. The molecule has 1 unspecified atom stereocenters. The average Bonchev–Trinajstić information content (AvgIpc) is 3.40. The minimum Gasteiger partial charge on any atom is -0.496 e. The largest absolute Gasteiger partial charge is 0.496 e. The first kappa shape index (κ1) is 25.3. The third-order valence-corrected chi connectivity index (χ3v) is 7.29. The highest BCUT2D eigenvalue weighted by Crippen LogP contribution is 2.40. The zero-order valence-electron chi connectivity index (χ0n) is 21.5. The lowest BCUT2D eigenvalue weighted by atomic mass is 9.84. The van der Waals surface area contributed by atoms with Crippen molar-refractivity contribution in [3.63, 3.8) is 0 Å². The van der Waals surface area contributed by atoms with Gasteiger partial charge in [-0.05, 0) is 48.4 Å². The Morgan fingerprint density at radius 2 is 1.61 bits per heavy atom. The van der Waals surface area contributed by atoms with E-state index in [-0.39, 0.29) is 11.6 Å². The summed E-state index contributed by atoms with van der Waals surface area (Å²) in [7, 11) is 3.15. The van der Waals surface area contributed by atoms with Gasteiger partial charge in [-0.1, -0.05) is 61.7 Å². The molecule has 3 aromatic carbocycles. The van der Waals surface area contributed by atoms with Crippen molar-refractivity contribution in [3.05, 3.63) is 72.4 Å². The number of hydrogen-bond donors (Lipinski definition) is 2. The van der Waals surface area contributed by atoms with Crippen LogP contribution in [0.15, 0.2) is 66.7 Å². The zero-order chi connectivity index (χ0) is 26.6. The van der Waals surface area contributed by atoms with Crippen LogP contribution < -0.4 is 14.8 Å². The van der Waals surface area contributed by atoms with Crippen LogP contribution in [0.5, 0.6) is 11.5 Å². The fourth-order valence-electron chi connectivity index (χ4n) is 5.41. The molecule has 2 N–H and O–H groups in total. The summed E-state index contributed by atoms with van der Waals surface area (Å²) < 4.78 is 13.0. The van der Waals surface area contributed by atoms with Crippen LogP contribution in [0.3, 0.4) is 0 Å². The van der Waals surface area contributed by atoms with Crippen molar-refractivity contribution in [2.24, 2.45) is 5.92 Å². The van der Waals surface area contributed by atoms with Crippen molar-refractivity contribution >= 4 is 22.6 Å². The summed E-state index contributed by atoms with van der Waals surface area (Å²) in [5, 5.41) is 19.4. The molecule has 8 heteroatoms. The maximum absolute atomic E-state index is 13.5. The second-order valence-corrected chi connectivity index (χ2v) is 9.55. The highest BCUT2D eigenvalue weighted by atomic mass is 16.5. The number of aliphatic carboxylic acids is 1. The lowest BCUT2D eigenvalue weighted by Crippen LogP contribution is -2.46. The molecular weight excluding hydrogens is 482 g/mol. The van der Waals surface area contributed by atoms with Gasteiger partial charge in [-0.15, -0.1) is 0 Å². The molecule has 1 heterocycles. The smallest absolute Gasteiger partial charge is 0.326 e. The number of aromatic nitrogens is 2. The normalized spacial score (nSPS) is 14.7. The molecule has 0 radical (unpaired) electrons. The monoisotopic (exact) mass is 513 g/mol. The number of hydrogen-bond acceptors (Lipinski definition) is 5. The summed E-state index contributed by atoms with van der Waals surface area (Å²) in [5.41, 5.74) is 2.11. The van der Waals surface area contributed by atoms with Crippen LogP contribution in [0.25, 0.3) is 27.7 Å². The van der Waals surface area contributed by atoms with Gasteiger partial charge in [-0.25, -0.2) is 9.48 Å². The Morgan fingerprint density at radius 3 is 2.29 bits per heavy atom. The van der Waals surface area contributed by atoms with Crippen LogP contribution in [-0.2, 0) is 4.79 Å². The van der Waals surface area contributed by atoms with E-state index < -0.39 is 17.9 Å². The Bertz CT molecular complexity index is 1440. The number of methoxy groups -OCH3 is 2. The highest BCUT2D eigenvalue weighted by molar-refractivity contribution is 5.97. The lowest BCUT2D eigenvalue weighted by Gasteiger charge is -2.27. The van der Waals surface area contributed by atoms with Gasteiger partial charge < -0.3 is 19.9 Å². The van der Waals surface area contributed by atoms with Crippen LogP contribution in [0.1, 0.15) is 42.6 Å². The first-order valence-electron chi connectivity index (χ1n) is 12.8.